The zero-order chi connectivity index (χ0) is 73.2. The first-order chi connectivity index (χ1) is 48.7. The highest BCUT2D eigenvalue weighted by Gasteiger charge is 2.30. The molecule has 0 aliphatic carbocycles. The summed E-state index contributed by atoms with van der Waals surface area (Å²) in [5.41, 5.74) is 0. The zero-order valence-corrected chi connectivity index (χ0v) is 64.6. The molecule has 0 aliphatic heterocycles. The van der Waals surface area contributed by atoms with Gasteiger partial charge in [0, 0.05) is 25.7 Å². The van der Waals surface area contributed by atoms with Gasteiger partial charge in [-0.2, -0.15) is 0 Å². The molecule has 576 valence electrons. The fourth-order valence-corrected chi connectivity index (χ4v) is 11.8. The standard InChI is InChI=1S/C81H140O17P2/c1-5-9-13-17-21-25-29-33-37-41-45-49-53-57-61-65-78(83)91-71-76(97-80(85)67-63-59-55-51-47-43-39-35-31-27-23-19-15-11-7-3)73-95-99(87,88)93-69-75(82)70-94-100(89,90)96-74-77(98-81(86)68-64-60-56-52-48-44-40-36-32-28-24-20-16-12-8-4)72-92-79(84)66-62-58-54-50-46-42-38-34-30-26-22-18-14-10-6-2/h9,13,21-28,33-40,75-77,82H,5-8,10-12,14-20,29-32,41-74H2,1-4H3,(H,87,88)(H,89,90)/b13-9-,25-21-,26-22-,27-23-,28-24-,37-33-,38-34-,39-35-,40-36-. The maximum atomic E-state index is 13.1. The molecule has 5 unspecified atom stereocenters. The summed E-state index contributed by atoms with van der Waals surface area (Å²) in [5.74, 6) is -2.23. The van der Waals surface area contributed by atoms with Crippen LogP contribution in [0.2, 0.25) is 0 Å². The van der Waals surface area contributed by atoms with Crippen LogP contribution in [0.25, 0.3) is 0 Å². The molecule has 0 saturated carbocycles. The number of hydrogen-bond acceptors (Lipinski definition) is 15. The molecule has 3 N–H and O–H groups in total. The molecule has 0 spiro atoms. The fraction of sp³-hybridized carbons (Fsp3) is 0.728. The van der Waals surface area contributed by atoms with Crippen molar-refractivity contribution in [1.82, 2.24) is 0 Å². The Balaban J connectivity index is 5.40. The molecule has 0 aromatic carbocycles. The third kappa shape index (κ3) is 72.1. The molecule has 0 bridgehead atoms. The summed E-state index contributed by atoms with van der Waals surface area (Å²) in [6.07, 6.45) is 77.8. The highest BCUT2D eigenvalue weighted by Crippen LogP contribution is 2.45. The number of carbonyl (C=O) groups excluding carboxylic acids is 4. The van der Waals surface area contributed by atoms with Crippen LogP contribution in [0.15, 0.2) is 109 Å². The molecule has 0 saturated heterocycles. The van der Waals surface area contributed by atoms with Gasteiger partial charge in [0.25, 0.3) is 0 Å². The van der Waals surface area contributed by atoms with Gasteiger partial charge in [-0.15, -0.1) is 0 Å². The number of phosphoric ester groups is 2. The van der Waals surface area contributed by atoms with Crippen molar-refractivity contribution in [3.05, 3.63) is 109 Å². The van der Waals surface area contributed by atoms with Gasteiger partial charge in [0.1, 0.15) is 19.3 Å². The van der Waals surface area contributed by atoms with Gasteiger partial charge < -0.3 is 33.8 Å². The normalized spacial score (nSPS) is 14.5. The van der Waals surface area contributed by atoms with Crippen LogP contribution < -0.4 is 0 Å². The molecule has 100 heavy (non-hydrogen) atoms. The number of esters is 4. The molecule has 0 radical (unpaired) electrons. The van der Waals surface area contributed by atoms with E-state index in [-0.39, 0.29) is 25.7 Å². The van der Waals surface area contributed by atoms with Gasteiger partial charge in [0.2, 0.25) is 0 Å². The molecular weight excluding hydrogens is 1310 g/mol. The van der Waals surface area contributed by atoms with Crippen LogP contribution in [0, 0.1) is 0 Å². The van der Waals surface area contributed by atoms with E-state index in [0.717, 1.165) is 186 Å². The van der Waals surface area contributed by atoms with E-state index in [1.54, 1.807) is 0 Å². The SMILES string of the molecule is CC/C=C\C/C=C\C/C=C\CCCCCCCC(=O)OCC(COP(=O)(O)OCC(O)COP(=O)(O)OCC(COC(=O)CCCCCCC/C=C\C/C=C\CCCCC)OC(=O)CCCCCCC/C=C\C/C=C\CCCCC)OC(=O)CCCCCCC/C=C\C/C=C\CCCCC. The molecular formula is C81H140O17P2. The van der Waals surface area contributed by atoms with E-state index in [1.165, 1.54) is 57.8 Å². The number of unbranched alkanes of at least 4 members (excludes halogenated alkanes) is 29. The fourth-order valence-electron chi connectivity index (χ4n) is 10.2. The summed E-state index contributed by atoms with van der Waals surface area (Å²) in [6, 6.07) is 0. The number of aliphatic hydroxyl groups is 1. The number of phosphoric acid groups is 2. The van der Waals surface area contributed by atoms with Crippen LogP contribution >= 0.6 is 15.6 Å². The first-order valence-corrected chi connectivity index (χ1v) is 42.1. The Morgan fingerprint density at radius 2 is 0.520 bits per heavy atom. The minimum atomic E-state index is -4.98. The van der Waals surface area contributed by atoms with E-state index in [4.69, 9.17) is 37.0 Å². The molecule has 0 aliphatic rings. The third-order valence-electron chi connectivity index (χ3n) is 16.2. The first-order valence-electron chi connectivity index (χ1n) is 39.1. The molecule has 17 nitrogen and oxygen atoms in total. The van der Waals surface area contributed by atoms with Crippen molar-refractivity contribution in [2.45, 2.75) is 341 Å². The number of hydrogen-bond donors (Lipinski definition) is 3. The molecule has 0 aromatic rings. The lowest BCUT2D eigenvalue weighted by molar-refractivity contribution is -0.161. The number of carbonyl (C=O) groups is 4. The van der Waals surface area contributed by atoms with Crippen molar-refractivity contribution in [3.63, 3.8) is 0 Å². The van der Waals surface area contributed by atoms with Gasteiger partial charge in [-0.25, -0.2) is 9.13 Å². The maximum absolute atomic E-state index is 13.1. The second kappa shape index (κ2) is 73.0. The summed E-state index contributed by atoms with van der Waals surface area (Å²) in [6.45, 7) is 4.64. The van der Waals surface area contributed by atoms with Crippen molar-refractivity contribution >= 4 is 39.5 Å². The third-order valence-corrected chi connectivity index (χ3v) is 18.1. The molecule has 0 aromatic heterocycles. The topological polar surface area (TPSA) is 237 Å². The van der Waals surface area contributed by atoms with E-state index in [2.05, 4.69) is 137 Å². The van der Waals surface area contributed by atoms with E-state index < -0.39 is 97.5 Å². The maximum Gasteiger partial charge on any atom is 0.472 e. The zero-order valence-electron chi connectivity index (χ0n) is 62.8. The van der Waals surface area contributed by atoms with Gasteiger partial charge in [-0.1, -0.05) is 253 Å². The van der Waals surface area contributed by atoms with Gasteiger partial charge in [-0.3, -0.25) is 37.3 Å². The van der Waals surface area contributed by atoms with E-state index >= 15 is 0 Å². The molecule has 5 atom stereocenters. The number of rotatable bonds is 73. The highest BCUT2D eigenvalue weighted by atomic mass is 31.2. The average molecular weight is 1450 g/mol. The summed E-state index contributed by atoms with van der Waals surface area (Å²) < 4.78 is 68.5. The molecule has 0 heterocycles. The van der Waals surface area contributed by atoms with Crippen molar-refractivity contribution in [2.75, 3.05) is 39.6 Å². The Bertz CT molecular complexity index is 2320. The number of ether oxygens (including phenoxy) is 4. The van der Waals surface area contributed by atoms with Crippen molar-refractivity contribution in [2.24, 2.45) is 0 Å². The van der Waals surface area contributed by atoms with Gasteiger partial charge in [0.15, 0.2) is 12.2 Å². The Morgan fingerprint density at radius 3 is 0.800 bits per heavy atom. The number of aliphatic hydroxyl groups excluding tert-OH is 1. The summed E-state index contributed by atoms with van der Waals surface area (Å²) in [5, 5.41) is 10.6. The van der Waals surface area contributed by atoms with Crippen molar-refractivity contribution in [3.8, 4) is 0 Å². The summed E-state index contributed by atoms with van der Waals surface area (Å²) in [7, 11) is -9.97. The second-order valence-electron chi connectivity index (χ2n) is 25.9. The Labute approximate surface area is 607 Å². The van der Waals surface area contributed by atoms with Crippen LogP contribution in [-0.2, 0) is 65.4 Å². The lowest BCUT2D eigenvalue weighted by Crippen LogP contribution is -2.30. The van der Waals surface area contributed by atoms with Crippen LogP contribution in [0.5, 0.6) is 0 Å². The van der Waals surface area contributed by atoms with Crippen LogP contribution in [-0.4, -0.2) is 96.7 Å². The lowest BCUT2D eigenvalue weighted by Gasteiger charge is -2.21. The smallest absolute Gasteiger partial charge is 0.462 e. The van der Waals surface area contributed by atoms with E-state index in [9.17, 15) is 43.2 Å². The van der Waals surface area contributed by atoms with Gasteiger partial charge in [-0.05, 0) is 154 Å². The van der Waals surface area contributed by atoms with Crippen molar-refractivity contribution in [1.29, 1.82) is 0 Å². The molecule has 19 heteroatoms. The Hall–Kier alpha value is -4.28. The second-order valence-corrected chi connectivity index (χ2v) is 28.8. The van der Waals surface area contributed by atoms with Gasteiger partial charge in [0.05, 0.1) is 26.4 Å². The van der Waals surface area contributed by atoms with Gasteiger partial charge >= 0.3 is 39.5 Å². The van der Waals surface area contributed by atoms with E-state index in [1.807, 2.05) is 0 Å². The minimum Gasteiger partial charge on any atom is -0.462 e. The predicted octanol–water partition coefficient (Wildman–Crippen LogP) is 22.6. The molecule has 0 fully saturated rings. The van der Waals surface area contributed by atoms with Crippen LogP contribution in [0.4, 0.5) is 0 Å². The average Bonchev–Trinajstić information content (AvgIpc) is 1.01. The molecule has 0 rings (SSSR count). The lowest BCUT2D eigenvalue weighted by atomic mass is 10.1. The summed E-state index contributed by atoms with van der Waals surface area (Å²) in [4.78, 5) is 72.9. The van der Waals surface area contributed by atoms with Crippen LogP contribution in [0.1, 0.15) is 323 Å². The minimum absolute atomic E-state index is 0.0735. The predicted molar refractivity (Wildman–Crippen MR) is 408 cm³/mol. The van der Waals surface area contributed by atoms with Crippen molar-refractivity contribution < 1.29 is 80.2 Å². The largest absolute Gasteiger partial charge is 0.472 e. The van der Waals surface area contributed by atoms with Crippen LogP contribution in [0.3, 0.4) is 0 Å². The number of allylic oxidation sites excluding steroid dienone is 18. The van der Waals surface area contributed by atoms with E-state index in [0.29, 0.717) is 25.7 Å². The summed E-state index contributed by atoms with van der Waals surface area (Å²) >= 11 is 0. The quantitative estimate of drug-likeness (QED) is 0.0169. The first kappa shape index (κ1) is 95.7. The molecule has 0 amide bonds. The Kier molecular flexibility index (Phi) is 69.9. The monoisotopic (exact) mass is 1450 g/mol. The Morgan fingerprint density at radius 1 is 0.290 bits per heavy atom. The highest BCUT2D eigenvalue weighted by molar-refractivity contribution is 7.47.